The number of amides is 4. The maximum atomic E-state index is 13.9. The fourth-order valence-electron chi connectivity index (χ4n) is 5.33. The summed E-state index contributed by atoms with van der Waals surface area (Å²) in [7, 11) is 2.89. The van der Waals surface area contributed by atoms with Crippen molar-refractivity contribution in [3.05, 3.63) is 77.9 Å². The van der Waals surface area contributed by atoms with E-state index in [1.165, 1.54) is 36.2 Å². The van der Waals surface area contributed by atoms with Crippen molar-refractivity contribution in [3.63, 3.8) is 0 Å². The fourth-order valence-corrected chi connectivity index (χ4v) is 5.33. The molecule has 16 nitrogen and oxygen atoms in total. The van der Waals surface area contributed by atoms with Crippen molar-refractivity contribution in [2.45, 2.75) is 53.0 Å². The zero-order valence-corrected chi connectivity index (χ0v) is 32.0. The Bertz CT molecular complexity index is 1780. The van der Waals surface area contributed by atoms with Gasteiger partial charge >= 0.3 is 12.0 Å². The maximum absolute atomic E-state index is 13.9. The van der Waals surface area contributed by atoms with E-state index in [0.717, 1.165) is 15.6 Å². The summed E-state index contributed by atoms with van der Waals surface area (Å²) in [5, 5.41) is 5.09. The summed E-state index contributed by atoms with van der Waals surface area (Å²) in [6, 6.07) is 17.6. The molecule has 0 heterocycles. The number of rotatable bonds is 18. The number of Topliss-reactive ketones (excluding diaryl/α,β-unsaturated/α-hetero) is 1. The van der Waals surface area contributed by atoms with E-state index in [-0.39, 0.29) is 43.3 Å². The molecule has 0 spiro atoms. The molecule has 0 fully saturated rings. The molecule has 3 aromatic carbocycles. The van der Waals surface area contributed by atoms with Crippen molar-refractivity contribution < 1.29 is 38.3 Å². The Morgan fingerprint density at radius 2 is 1.46 bits per heavy atom. The van der Waals surface area contributed by atoms with Gasteiger partial charge in [-0.1, -0.05) is 32.0 Å². The van der Waals surface area contributed by atoms with E-state index in [9.17, 15) is 24.0 Å². The van der Waals surface area contributed by atoms with Gasteiger partial charge in [0.1, 0.15) is 6.54 Å². The van der Waals surface area contributed by atoms with Gasteiger partial charge in [0.05, 0.1) is 44.1 Å². The molecule has 0 unspecified atom stereocenters. The van der Waals surface area contributed by atoms with Crippen LogP contribution in [0.25, 0.3) is 0 Å². The van der Waals surface area contributed by atoms with Crippen molar-refractivity contribution in [1.29, 1.82) is 0 Å². The number of ketones is 1. The molecule has 0 atom stereocenters. The summed E-state index contributed by atoms with van der Waals surface area (Å²) >= 11 is 0. The van der Waals surface area contributed by atoms with Crippen molar-refractivity contribution in [1.82, 2.24) is 9.80 Å². The smallest absolute Gasteiger partial charge is 0.357 e. The lowest BCUT2D eigenvalue weighted by Crippen LogP contribution is -2.51. The highest BCUT2D eigenvalue weighted by Gasteiger charge is 2.32. The van der Waals surface area contributed by atoms with Crippen LogP contribution in [0.3, 0.4) is 0 Å². The van der Waals surface area contributed by atoms with E-state index in [4.69, 9.17) is 27.1 Å². The maximum Gasteiger partial charge on any atom is 0.357 e. The average Bonchev–Trinajstić information content (AvgIpc) is 3.16. The summed E-state index contributed by atoms with van der Waals surface area (Å²) in [6.07, 6.45) is 0.326. The summed E-state index contributed by atoms with van der Waals surface area (Å²) in [5.41, 5.74) is 1.25. The minimum absolute atomic E-state index is 0.176. The van der Waals surface area contributed by atoms with E-state index >= 15 is 0 Å². The number of carbonyl (C=O) groups is 5. The van der Waals surface area contributed by atoms with E-state index in [1.807, 2.05) is 32.9 Å². The molecule has 54 heavy (non-hydrogen) atoms. The predicted molar refractivity (Wildman–Crippen MR) is 205 cm³/mol. The van der Waals surface area contributed by atoms with Gasteiger partial charge in [0, 0.05) is 24.3 Å². The molecule has 0 bridgehead atoms. The lowest BCUT2D eigenvalue weighted by molar-refractivity contribution is -0.144. The number of hydrazine groups is 2. The number of nitrogens with zero attached hydrogens (tertiary/aromatic N) is 4. The minimum Gasteiger partial charge on any atom is -0.493 e. The van der Waals surface area contributed by atoms with Gasteiger partial charge in [-0.15, -0.1) is 0 Å². The number of nitrogens with one attached hydrogen (secondary N) is 1. The Hall–Kier alpha value is -5.71. The molecule has 7 N–H and O–H groups in total. The van der Waals surface area contributed by atoms with Gasteiger partial charge in [0.2, 0.25) is 5.91 Å². The van der Waals surface area contributed by atoms with Gasteiger partial charge in [-0.3, -0.25) is 19.2 Å². The van der Waals surface area contributed by atoms with Crippen LogP contribution in [0.2, 0.25) is 0 Å². The van der Waals surface area contributed by atoms with Crippen LogP contribution in [-0.4, -0.2) is 85.3 Å². The van der Waals surface area contributed by atoms with Gasteiger partial charge in [-0.25, -0.2) is 26.5 Å². The van der Waals surface area contributed by atoms with Crippen LogP contribution in [0, 0.1) is 12.8 Å². The fraction of sp³-hybridized carbons (Fsp3) is 0.395. The lowest BCUT2D eigenvalue weighted by Gasteiger charge is -2.32. The van der Waals surface area contributed by atoms with Crippen LogP contribution in [0.1, 0.15) is 56.5 Å². The third kappa shape index (κ3) is 11.4. The molecular formula is C38H52N8O8. The Labute approximate surface area is 315 Å². The van der Waals surface area contributed by atoms with Gasteiger partial charge in [-0.2, -0.15) is 5.90 Å². The highest BCUT2D eigenvalue weighted by atomic mass is 16.7. The number of aryl methyl sites for hydroxylation is 1. The number of urea groups is 1. The molecule has 3 rings (SSSR count). The van der Waals surface area contributed by atoms with Gasteiger partial charge in [0.15, 0.2) is 17.3 Å². The van der Waals surface area contributed by atoms with Crippen LogP contribution in [0.4, 0.5) is 21.9 Å². The Morgan fingerprint density at radius 1 is 0.815 bits per heavy atom. The Morgan fingerprint density at radius 3 is 2.06 bits per heavy atom. The third-order valence-electron chi connectivity index (χ3n) is 8.71. The van der Waals surface area contributed by atoms with Gasteiger partial charge in [-0.05, 0) is 87.2 Å². The standard InChI is InChI=1S/C38H52N8O8/c1-25(2)18-20-43(34(48)24-44(21-19-35(49)54-41)36(50)27-12-17-31(52-6)32(22-27)53-7)23-33(47)38(4,5)42-28-13-15-29(16-14-28)45(39)37(51)46(40)30-11-9-8-10-26(30)3/h8-17,22,25,42H,18-21,23-24,39-41H2,1-7H3. The van der Waals surface area contributed by atoms with Crippen LogP contribution in [0.5, 0.6) is 11.5 Å². The van der Waals surface area contributed by atoms with Gasteiger partial charge < -0.3 is 29.4 Å². The normalized spacial score (nSPS) is 11.0. The van der Waals surface area contributed by atoms with Crippen molar-refractivity contribution in [2.75, 3.05) is 55.7 Å². The largest absolute Gasteiger partial charge is 0.493 e. The average molecular weight is 749 g/mol. The highest BCUT2D eigenvalue weighted by Crippen LogP contribution is 2.28. The van der Waals surface area contributed by atoms with Crippen LogP contribution in [-0.2, 0) is 19.2 Å². The Kier molecular flexibility index (Phi) is 15.3. The van der Waals surface area contributed by atoms with Crippen LogP contribution >= 0.6 is 0 Å². The molecule has 0 aromatic heterocycles. The summed E-state index contributed by atoms with van der Waals surface area (Å²) in [6.45, 7) is 8.58. The first-order valence-electron chi connectivity index (χ1n) is 17.3. The quantitative estimate of drug-likeness (QED) is 0.0831. The van der Waals surface area contributed by atoms with E-state index in [0.29, 0.717) is 35.0 Å². The number of benzene rings is 3. The zero-order valence-electron chi connectivity index (χ0n) is 32.0. The molecule has 0 aliphatic carbocycles. The van der Waals surface area contributed by atoms with Gasteiger partial charge in [0.25, 0.3) is 5.91 Å². The number of hydrogen-bond donors (Lipinski definition) is 4. The van der Waals surface area contributed by atoms with E-state index < -0.39 is 35.9 Å². The predicted octanol–water partition coefficient (Wildman–Crippen LogP) is 3.78. The Balaban J connectivity index is 1.77. The van der Waals surface area contributed by atoms with Crippen LogP contribution in [0.15, 0.2) is 66.7 Å². The van der Waals surface area contributed by atoms with Crippen molar-refractivity contribution in [2.24, 2.45) is 23.5 Å². The molecule has 3 aromatic rings. The first-order valence-corrected chi connectivity index (χ1v) is 17.3. The number of carbonyl (C=O) groups excluding carboxylic acids is 5. The SMILES string of the molecule is COc1ccc(C(=O)N(CCC(=O)ON)CC(=O)N(CCC(C)C)CC(=O)C(C)(C)Nc2ccc(N(N)C(=O)N(N)c3ccccc3C)cc2)cc1OC. The molecule has 0 saturated carbocycles. The first-order chi connectivity index (χ1) is 25.5. The first kappa shape index (κ1) is 42.7. The summed E-state index contributed by atoms with van der Waals surface area (Å²) in [4.78, 5) is 73.3. The monoisotopic (exact) mass is 748 g/mol. The van der Waals surface area contributed by atoms with Crippen molar-refractivity contribution >= 4 is 46.7 Å². The number of para-hydroxylation sites is 1. The second kappa shape index (κ2) is 19.4. The lowest BCUT2D eigenvalue weighted by atomic mass is 9.97. The summed E-state index contributed by atoms with van der Waals surface area (Å²) < 4.78 is 10.6. The molecule has 0 radical (unpaired) electrons. The molecule has 0 aliphatic rings. The second-order valence-corrected chi connectivity index (χ2v) is 13.6. The molecule has 16 heteroatoms. The number of methoxy groups -OCH3 is 2. The molecule has 4 amide bonds. The number of nitrogens with two attached hydrogens (primary N) is 3. The number of ether oxygens (including phenoxy) is 2. The van der Waals surface area contributed by atoms with Crippen LogP contribution < -0.4 is 42.4 Å². The second-order valence-electron chi connectivity index (χ2n) is 13.6. The van der Waals surface area contributed by atoms with E-state index in [1.54, 1.807) is 56.3 Å². The minimum atomic E-state index is -1.16. The molecule has 292 valence electrons. The summed E-state index contributed by atoms with van der Waals surface area (Å²) in [5.74, 6) is 16.0. The number of hydrogen-bond acceptors (Lipinski definition) is 12. The molecular weight excluding hydrogens is 696 g/mol. The molecule has 0 saturated heterocycles. The topological polar surface area (TPSA) is 216 Å². The highest BCUT2D eigenvalue weighted by molar-refractivity contribution is 6.02. The zero-order chi connectivity index (χ0) is 40.2. The van der Waals surface area contributed by atoms with E-state index in [2.05, 4.69) is 10.2 Å². The molecule has 0 aliphatic heterocycles. The van der Waals surface area contributed by atoms with Crippen molar-refractivity contribution in [3.8, 4) is 11.5 Å². The third-order valence-corrected chi connectivity index (χ3v) is 8.71. The number of anilines is 3.